The number of hydrogen-bond donors (Lipinski definition) is 2. The fourth-order valence-corrected chi connectivity index (χ4v) is 4.96. The van der Waals surface area contributed by atoms with Gasteiger partial charge in [0, 0.05) is 4.47 Å². The van der Waals surface area contributed by atoms with Gasteiger partial charge in [-0.05, 0) is 68.1 Å². The van der Waals surface area contributed by atoms with Gasteiger partial charge in [0.25, 0.3) is 5.91 Å². The molecule has 1 aromatic rings. The number of rotatable bonds is 5. The van der Waals surface area contributed by atoms with Crippen molar-refractivity contribution in [2.24, 2.45) is 11.8 Å². The van der Waals surface area contributed by atoms with E-state index < -0.39 is 11.6 Å². The highest BCUT2D eigenvalue weighted by molar-refractivity contribution is 9.10. The van der Waals surface area contributed by atoms with Gasteiger partial charge in [-0.3, -0.25) is 14.5 Å². The van der Waals surface area contributed by atoms with E-state index in [1.165, 1.54) is 6.42 Å². The Morgan fingerprint density at radius 1 is 1.21 bits per heavy atom. The van der Waals surface area contributed by atoms with Crippen LogP contribution in [0.4, 0.5) is 4.79 Å². The van der Waals surface area contributed by atoms with Crippen molar-refractivity contribution < 1.29 is 14.4 Å². The fraction of sp³-hybridized carbons (Fsp3) is 0.591. The maximum Gasteiger partial charge on any atom is 0.325 e. The molecule has 3 aliphatic rings. The third-order valence-corrected chi connectivity index (χ3v) is 7.37. The third kappa shape index (κ3) is 4.06. The minimum atomic E-state index is -0.803. The summed E-state index contributed by atoms with van der Waals surface area (Å²) in [4.78, 5) is 39.4. The van der Waals surface area contributed by atoms with Crippen LogP contribution in [0.25, 0.3) is 0 Å². The number of nitrogens with one attached hydrogen (secondary N) is 2. The van der Waals surface area contributed by atoms with Crippen LogP contribution in [0.1, 0.15) is 63.5 Å². The molecule has 4 amide bonds. The van der Waals surface area contributed by atoms with Crippen molar-refractivity contribution >= 4 is 33.8 Å². The van der Waals surface area contributed by atoms with Crippen LogP contribution >= 0.6 is 15.9 Å². The number of halogens is 1. The standard InChI is InChI=1S/C22H28BrN3O3/c1-14-9-11-22(12-10-14)20(28)26(21(29)25-22)13-18(27)24-19(15-3-2-4-15)16-5-7-17(23)8-6-16/h5-8,14-15,19H,2-4,9-13H2,1H3,(H,24,27)(H,25,29). The third-order valence-electron chi connectivity index (χ3n) is 6.84. The van der Waals surface area contributed by atoms with Crippen molar-refractivity contribution in [3.8, 4) is 0 Å². The molecule has 0 radical (unpaired) electrons. The summed E-state index contributed by atoms with van der Waals surface area (Å²) in [6, 6.07) is 7.44. The van der Waals surface area contributed by atoms with Gasteiger partial charge in [-0.2, -0.15) is 0 Å². The Morgan fingerprint density at radius 2 is 1.86 bits per heavy atom. The number of carbonyl (C=O) groups is 3. The summed E-state index contributed by atoms with van der Waals surface area (Å²) in [6.45, 7) is 1.95. The maximum absolute atomic E-state index is 13.0. The second kappa shape index (κ2) is 8.09. The lowest BCUT2D eigenvalue weighted by Gasteiger charge is -2.35. The summed E-state index contributed by atoms with van der Waals surface area (Å²) < 4.78 is 0.992. The second-order valence-corrected chi connectivity index (χ2v) is 9.79. The number of amides is 4. The van der Waals surface area contributed by atoms with Gasteiger partial charge in [0.2, 0.25) is 5.91 Å². The van der Waals surface area contributed by atoms with Crippen LogP contribution in [0.15, 0.2) is 28.7 Å². The van der Waals surface area contributed by atoms with Gasteiger partial charge in [0.1, 0.15) is 12.1 Å². The van der Waals surface area contributed by atoms with Gasteiger partial charge in [-0.25, -0.2) is 4.79 Å². The van der Waals surface area contributed by atoms with Crippen LogP contribution in [-0.4, -0.2) is 34.8 Å². The molecule has 1 aliphatic heterocycles. The van der Waals surface area contributed by atoms with Gasteiger partial charge in [0.05, 0.1) is 6.04 Å². The van der Waals surface area contributed by atoms with Crippen molar-refractivity contribution in [2.45, 2.75) is 63.5 Å². The van der Waals surface area contributed by atoms with E-state index in [0.29, 0.717) is 24.7 Å². The van der Waals surface area contributed by atoms with Gasteiger partial charge in [0.15, 0.2) is 0 Å². The molecule has 2 N–H and O–H groups in total. The highest BCUT2D eigenvalue weighted by Crippen LogP contribution is 2.38. The molecule has 1 aromatic carbocycles. The van der Waals surface area contributed by atoms with E-state index in [1.807, 2.05) is 24.3 Å². The number of urea groups is 1. The molecule has 1 spiro atoms. The van der Waals surface area contributed by atoms with Crippen LogP contribution in [0.2, 0.25) is 0 Å². The van der Waals surface area contributed by atoms with Crippen molar-refractivity contribution in [1.82, 2.24) is 15.5 Å². The van der Waals surface area contributed by atoms with Crippen LogP contribution < -0.4 is 10.6 Å². The Labute approximate surface area is 179 Å². The van der Waals surface area contributed by atoms with Crippen molar-refractivity contribution in [1.29, 1.82) is 0 Å². The normalized spacial score (nSPS) is 28.2. The summed E-state index contributed by atoms with van der Waals surface area (Å²) in [5.41, 5.74) is 0.254. The molecule has 2 aliphatic carbocycles. The Hall–Kier alpha value is -1.89. The first-order chi connectivity index (χ1) is 13.9. The van der Waals surface area contributed by atoms with Gasteiger partial charge >= 0.3 is 6.03 Å². The van der Waals surface area contributed by atoms with Crippen molar-refractivity contribution in [2.75, 3.05) is 6.54 Å². The number of hydrogen-bond acceptors (Lipinski definition) is 3. The smallest absolute Gasteiger partial charge is 0.325 e. The van der Waals surface area contributed by atoms with E-state index in [4.69, 9.17) is 0 Å². The minimum absolute atomic E-state index is 0.0883. The van der Waals surface area contributed by atoms with Crippen LogP contribution in [0.5, 0.6) is 0 Å². The molecular weight excluding hydrogens is 434 g/mol. The van der Waals surface area contributed by atoms with Crippen LogP contribution in [0.3, 0.4) is 0 Å². The molecular formula is C22H28BrN3O3. The molecule has 2 saturated carbocycles. The highest BCUT2D eigenvalue weighted by Gasteiger charge is 2.52. The molecule has 4 rings (SSSR count). The summed E-state index contributed by atoms with van der Waals surface area (Å²) >= 11 is 3.45. The predicted molar refractivity (Wildman–Crippen MR) is 113 cm³/mol. The molecule has 29 heavy (non-hydrogen) atoms. The molecule has 156 valence electrons. The first kappa shape index (κ1) is 20.4. The largest absolute Gasteiger partial charge is 0.347 e. The Balaban J connectivity index is 1.43. The first-order valence-corrected chi connectivity index (χ1v) is 11.4. The summed E-state index contributed by atoms with van der Waals surface area (Å²) in [5, 5.41) is 5.98. The van der Waals surface area contributed by atoms with E-state index in [0.717, 1.165) is 40.6 Å². The lowest BCUT2D eigenvalue weighted by Crippen LogP contribution is -2.50. The average molecular weight is 462 g/mol. The predicted octanol–water partition coefficient (Wildman–Crippen LogP) is 3.91. The molecule has 1 heterocycles. The average Bonchev–Trinajstić information content (AvgIpc) is 2.87. The van der Waals surface area contributed by atoms with Gasteiger partial charge < -0.3 is 10.6 Å². The van der Waals surface area contributed by atoms with Crippen LogP contribution in [0, 0.1) is 11.8 Å². The lowest BCUT2D eigenvalue weighted by atomic mass is 9.77. The van der Waals surface area contributed by atoms with Crippen LogP contribution in [-0.2, 0) is 9.59 Å². The van der Waals surface area contributed by atoms with Gasteiger partial charge in [-0.1, -0.05) is 41.4 Å². The summed E-state index contributed by atoms with van der Waals surface area (Å²) in [5.74, 6) is 0.439. The highest BCUT2D eigenvalue weighted by atomic mass is 79.9. The number of imide groups is 1. The monoisotopic (exact) mass is 461 g/mol. The van der Waals surface area contributed by atoms with Gasteiger partial charge in [-0.15, -0.1) is 0 Å². The Morgan fingerprint density at radius 3 is 2.45 bits per heavy atom. The number of nitrogens with zero attached hydrogens (tertiary/aromatic N) is 1. The van der Waals surface area contributed by atoms with E-state index in [1.54, 1.807) is 0 Å². The minimum Gasteiger partial charge on any atom is -0.347 e. The zero-order valence-electron chi connectivity index (χ0n) is 16.7. The topological polar surface area (TPSA) is 78.5 Å². The van der Waals surface area contributed by atoms with E-state index in [2.05, 4.69) is 33.5 Å². The fourth-order valence-electron chi connectivity index (χ4n) is 4.69. The Kier molecular flexibility index (Phi) is 5.69. The number of benzene rings is 1. The molecule has 3 fully saturated rings. The molecule has 1 atom stereocenters. The number of carbonyl (C=O) groups excluding carboxylic acids is 3. The molecule has 7 heteroatoms. The quantitative estimate of drug-likeness (QED) is 0.652. The maximum atomic E-state index is 13.0. The first-order valence-electron chi connectivity index (χ1n) is 10.6. The van der Waals surface area contributed by atoms with E-state index in [-0.39, 0.29) is 24.4 Å². The zero-order valence-corrected chi connectivity index (χ0v) is 18.3. The molecule has 1 saturated heterocycles. The van der Waals surface area contributed by atoms with Crippen molar-refractivity contribution in [3.05, 3.63) is 34.3 Å². The Bertz CT molecular complexity index is 798. The molecule has 0 aromatic heterocycles. The summed E-state index contributed by atoms with van der Waals surface area (Å²) in [6.07, 6.45) is 6.46. The molecule has 0 bridgehead atoms. The zero-order chi connectivity index (χ0) is 20.6. The van der Waals surface area contributed by atoms with Crippen molar-refractivity contribution in [3.63, 3.8) is 0 Å². The lowest BCUT2D eigenvalue weighted by molar-refractivity contribution is -0.136. The molecule has 6 nitrogen and oxygen atoms in total. The SMILES string of the molecule is CC1CCC2(CC1)NC(=O)N(CC(=O)NC(c1ccc(Br)cc1)C1CCC1)C2=O. The van der Waals surface area contributed by atoms with E-state index >= 15 is 0 Å². The molecule has 1 unspecified atom stereocenters. The summed E-state index contributed by atoms with van der Waals surface area (Å²) in [7, 11) is 0. The second-order valence-electron chi connectivity index (χ2n) is 8.87. The van der Waals surface area contributed by atoms with E-state index in [9.17, 15) is 14.4 Å².